The van der Waals surface area contributed by atoms with E-state index >= 15 is 0 Å². The monoisotopic (exact) mass is 550 g/mol. The molecule has 0 bridgehead atoms. The largest absolute Gasteiger partial charge is 0.391 e. The van der Waals surface area contributed by atoms with Crippen LogP contribution in [0.5, 0.6) is 0 Å². The summed E-state index contributed by atoms with van der Waals surface area (Å²) in [6.07, 6.45) is -0.731. The van der Waals surface area contributed by atoms with Crippen molar-refractivity contribution in [1.29, 1.82) is 0 Å². The predicted octanol–water partition coefficient (Wildman–Crippen LogP) is 3.52. The lowest BCUT2D eigenvalue weighted by Gasteiger charge is -2.35. The number of fused-ring (bicyclic) bond motifs is 1. The molecule has 3 amide bonds. The minimum atomic E-state index is -0.856. The molecule has 204 valence electrons. The number of β-amino-alcohol motifs (C(OH)–C–C–N with tert-alkyl or cyclic N) is 1. The lowest BCUT2D eigenvalue weighted by atomic mass is 10.0. The smallest absolute Gasteiger partial charge is 0.255 e. The first-order valence-corrected chi connectivity index (χ1v) is 13.9. The zero-order valence-corrected chi connectivity index (χ0v) is 22.9. The molecule has 10 heteroatoms. The standard InChI is InChI=1S/C29H31FN4O4S/c1-16(2)25(34-13-20-8-9-21(30)10-23(20)28(34)37)29(38)33-14-22(35)11-24(33)27(36)31-12-18-4-6-19(7-5-18)26-17(3)32-15-39-26/h4-10,15-16,22,24-25,35H,11-14H2,1-3H3,(H,31,36)/t22-,24+,25+/m1/s1. The fourth-order valence-electron chi connectivity index (χ4n) is 5.43. The molecular formula is C29H31FN4O4S. The molecule has 8 nitrogen and oxygen atoms in total. The molecule has 0 unspecified atom stereocenters. The van der Waals surface area contributed by atoms with Gasteiger partial charge in [-0.25, -0.2) is 9.37 Å². The van der Waals surface area contributed by atoms with E-state index in [4.69, 9.17) is 0 Å². The van der Waals surface area contributed by atoms with Crippen LogP contribution < -0.4 is 5.32 Å². The van der Waals surface area contributed by atoms with Crippen LogP contribution in [0.1, 0.15) is 47.4 Å². The Morgan fingerprint density at radius 1 is 1.21 bits per heavy atom. The molecule has 2 aliphatic rings. The van der Waals surface area contributed by atoms with Gasteiger partial charge in [0.05, 0.1) is 22.2 Å². The molecule has 5 rings (SSSR count). The Balaban J connectivity index is 1.28. The van der Waals surface area contributed by atoms with Crippen molar-refractivity contribution in [3.63, 3.8) is 0 Å². The second kappa shape index (κ2) is 10.9. The highest BCUT2D eigenvalue weighted by Crippen LogP contribution is 2.31. The second-order valence-corrected chi connectivity index (χ2v) is 11.4. The number of benzene rings is 2. The molecule has 1 saturated heterocycles. The third kappa shape index (κ3) is 5.31. The Bertz CT molecular complexity index is 1410. The number of aromatic nitrogens is 1. The molecule has 0 spiro atoms. The van der Waals surface area contributed by atoms with Gasteiger partial charge in [0, 0.05) is 31.6 Å². The van der Waals surface area contributed by atoms with Crippen LogP contribution in [0.25, 0.3) is 10.4 Å². The molecule has 0 aliphatic carbocycles. The number of aliphatic hydroxyl groups excluding tert-OH is 1. The third-order valence-electron chi connectivity index (χ3n) is 7.42. The minimum Gasteiger partial charge on any atom is -0.391 e. The summed E-state index contributed by atoms with van der Waals surface area (Å²) >= 11 is 1.57. The molecule has 3 atom stereocenters. The molecule has 2 aliphatic heterocycles. The van der Waals surface area contributed by atoms with Crippen molar-refractivity contribution in [1.82, 2.24) is 20.1 Å². The summed E-state index contributed by atoms with van der Waals surface area (Å²) < 4.78 is 13.8. The number of aliphatic hydroxyl groups is 1. The van der Waals surface area contributed by atoms with Crippen LogP contribution in [0.3, 0.4) is 0 Å². The molecule has 2 aromatic carbocycles. The summed E-state index contributed by atoms with van der Waals surface area (Å²) in [5, 5.41) is 13.3. The van der Waals surface area contributed by atoms with Crippen LogP contribution in [0.4, 0.5) is 4.39 Å². The summed E-state index contributed by atoms with van der Waals surface area (Å²) in [6.45, 7) is 6.09. The number of nitrogens with zero attached hydrogens (tertiary/aromatic N) is 3. The summed E-state index contributed by atoms with van der Waals surface area (Å²) in [5.41, 5.74) is 5.65. The zero-order valence-electron chi connectivity index (χ0n) is 22.1. The van der Waals surface area contributed by atoms with Crippen molar-refractivity contribution in [2.45, 2.75) is 58.5 Å². The molecule has 39 heavy (non-hydrogen) atoms. The highest BCUT2D eigenvalue weighted by Gasteiger charge is 2.45. The fourth-order valence-corrected chi connectivity index (χ4v) is 6.25. The average molecular weight is 551 g/mol. The minimum absolute atomic E-state index is 0.00659. The van der Waals surface area contributed by atoms with Crippen LogP contribution in [-0.4, -0.2) is 62.3 Å². The SMILES string of the molecule is Cc1ncsc1-c1ccc(CNC(=O)[C@@H]2C[C@@H](O)CN2C(=O)[C@H](C(C)C)N2Cc3ccc(F)cc3C2=O)cc1. The van der Waals surface area contributed by atoms with Crippen LogP contribution in [0, 0.1) is 18.7 Å². The number of halogens is 1. The maximum Gasteiger partial charge on any atom is 0.255 e. The number of carbonyl (C=O) groups excluding carboxylic acids is 3. The first-order chi connectivity index (χ1) is 18.6. The Morgan fingerprint density at radius 2 is 1.95 bits per heavy atom. The Labute approximate surface area is 230 Å². The number of hydrogen-bond acceptors (Lipinski definition) is 6. The van der Waals surface area contributed by atoms with Crippen LogP contribution in [0.2, 0.25) is 0 Å². The van der Waals surface area contributed by atoms with Gasteiger partial charge in [-0.05, 0) is 41.7 Å². The van der Waals surface area contributed by atoms with Crippen LogP contribution in [0.15, 0.2) is 48.0 Å². The zero-order chi connectivity index (χ0) is 27.8. The lowest BCUT2D eigenvalue weighted by Crippen LogP contribution is -2.55. The van der Waals surface area contributed by atoms with Gasteiger partial charge in [-0.2, -0.15) is 0 Å². The van der Waals surface area contributed by atoms with E-state index in [0.29, 0.717) is 5.56 Å². The summed E-state index contributed by atoms with van der Waals surface area (Å²) in [4.78, 5) is 48.4. The second-order valence-electron chi connectivity index (χ2n) is 10.5. The van der Waals surface area contributed by atoms with Gasteiger partial charge in [-0.1, -0.05) is 44.2 Å². The Morgan fingerprint density at radius 3 is 2.62 bits per heavy atom. The molecule has 0 radical (unpaired) electrons. The maximum absolute atomic E-state index is 13.8. The van der Waals surface area contributed by atoms with E-state index in [1.807, 2.05) is 50.5 Å². The third-order valence-corrected chi connectivity index (χ3v) is 8.39. The fraction of sp³-hybridized carbons (Fsp3) is 0.379. The highest BCUT2D eigenvalue weighted by atomic mass is 32.1. The normalized spacial score (nSPS) is 19.5. The van der Waals surface area contributed by atoms with Crippen molar-refractivity contribution < 1.29 is 23.9 Å². The van der Waals surface area contributed by atoms with E-state index in [9.17, 15) is 23.9 Å². The van der Waals surface area contributed by atoms with E-state index in [2.05, 4.69) is 10.3 Å². The maximum atomic E-state index is 13.8. The molecule has 0 saturated carbocycles. The van der Waals surface area contributed by atoms with E-state index in [-0.39, 0.29) is 43.4 Å². The van der Waals surface area contributed by atoms with Gasteiger partial charge in [0.1, 0.15) is 17.9 Å². The summed E-state index contributed by atoms with van der Waals surface area (Å²) in [6, 6.07) is 10.2. The number of carbonyl (C=O) groups is 3. The lowest BCUT2D eigenvalue weighted by molar-refractivity contribution is -0.143. The number of hydrogen-bond donors (Lipinski definition) is 2. The van der Waals surface area contributed by atoms with Crippen molar-refractivity contribution in [2.24, 2.45) is 5.92 Å². The number of rotatable bonds is 7. The molecule has 1 fully saturated rings. The summed E-state index contributed by atoms with van der Waals surface area (Å²) in [5.74, 6) is -1.93. The highest BCUT2D eigenvalue weighted by molar-refractivity contribution is 7.13. The van der Waals surface area contributed by atoms with Crippen LogP contribution in [-0.2, 0) is 22.7 Å². The van der Waals surface area contributed by atoms with Gasteiger partial charge in [0.15, 0.2) is 0 Å². The number of nitrogens with one attached hydrogen (secondary N) is 1. The van der Waals surface area contributed by atoms with Crippen molar-refractivity contribution in [3.8, 4) is 10.4 Å². The first kappa shape index (κ1) is 27.0. The van der Waals surface area contributed by atoms with Gasteiger partial charge in [-0.3, -0.25) is 14.4 Å². The first-order valence-electron chi connectivity index (χ1n) is 13.0. The van der Waals surface area contributed by atoms with E-state index in [0.717, 1.165) is 21.7 Å². The van der Waals surface area contributed by atoms with E-state index in [1.54, 1.807) is 17.4 Å². The quantitative estimate of drug-likeness (QED) is 0.469. The number of likely N-dealkylation sites (tertiary alicyclic amines) is 1. The molecule has 3 heterocycles. The number of thiazole rings is 1. The number of amides is 3. The Kier molecular flexibility index (Phi) is 7.51. The van der Waals surface area contributed by atoms with Crippen molar-refractivity contribution in [3.05, 3.63) is 76.2 Å². The van der Waals surface area contributed by atoms with Gasteiger partial charge < -0.3 is 20.2 Å². The summed E-state index contributed by atoms with van der Waals surface area (Å²) in [7, 11) is 0. The average Bonchev–Trinajstić information content (AvgIpc) is 3.60. The molecular weight excluding hydrogens is 519 g/mol. The van der Waals surface area contributed by atoms with E-state index in [1.165, 1.54) is 21.9 Å². The van der Waals surface area contributed by atoms with Gasteiger partial charge >= 0.3 is 0 Å². The topological polar surface area (TPSA) is 103 Å². The van der Waals surface area contributed by atoms with Gasteiger partial charge in [0.2, 0.25) is 11.8 Å². The predicted molar refractivity (Wildman–Crippen MR) is 145 cm³/mol. The molecule has 3 aromatic rings. The van der Waals surface area contributed by atoms with Crippen molar-refractivity contribution >= 4 is 29.1 Å². The van der Waals surface area contributed by atoms with Crippen molar-refractivity contribution in [2.75, 3.05) is 6.54 Å². The van der Waals surface area contributed by atoms with Crippen LogP contribution >= 0.6 is 11.3 Å². The van der Waals surface area contributed by atoms with Gasteiger partial charge in [-0.15, -0.1) is 11.3 Å². The molecule has 1 aromatic heterocycles. The van der Waals surface area contributed by atoms with Gasteiger partial charge in [0.25, 0.3) is 5.91 Å². The number of aryl methyl sites for hydroxylation is 1. The Hall–Kier alpha value is -3.63. The van der Waals surface area contributed by atoms with E-state index < -0.39 is 35.8 Å². The molecule has 2 N–H and O–H groups in total.